The predicted octanol–water partition coefficient (Wildman–Crippen LogP) is 3.44. The van der Waals surface area contributed by atoms with Gasteiger partial charge in [-0.15, -0.1) is 8.80 Å². The SMILES string of the molecule is CO/C(=N\S(=O)(=O)c1ccccc1)C1CC=CCC1/C(=N\S(=O)(=O)c1ccccc1)OC. The van der Waals surface area contributed by atoms with Gasteiger partial charge in [0.05, 0.1) is 35.8 Å². The molecule has 1 aliphatic carbocycles. The van der Waals surface area contributed by atoms with Gasteiger partial charge in [0.25, 0.3) is 20.0 Å². The number of sulfonamides is 2. The van der Waals surface area contributed by atoms with Crippen molar-refractivity contribution >= 4 is 31.8 Å². The molecule has 0 radical (unpaired) electrons. The third-order valence-corrected chi connectivity index (χ3v) is 7.56. The van der Waals surface area contributed by atoms with Gasteiger partial charge in [-0.1, -0.05) is 48.6 Å². The van der Waals surface area contributed by atoms with Crippen LogP contribution in [0.1, 0.15) is 12.8 Å². The molecule has 10 heteroatoms. The molecule has 0 bridgehead atoms. The molecule has 0 heterocycles. The van der Waals surface area contributed by atoms with Gasteiger partial charge in [-0.3, -0.25) is 0 Å². The highest BCUT2D eigenvalue weighted by Crippen LogP contribution is 2.31. The Balaban J connectivity index is 2.01. The van der Waals surface area contributed by atoms with E-state index in [0.717, 1.165) is 0 Å². The quantitative estimate of drug-likeness (QED) is 0.359. The maximum absolute atomic E-state index is 12.8. The molecular formula is C22H24N2O6S2. The Morgan fingerprint density at radius 1 is 0.688 bits per heavy atom. The van der Waals surface area contributed by atoms with Crippen LogP contribution in [0.2, 0.25) is 0 Å². The molecule has 170 valence electrons. The van der Waals surface area contributed by atoms with Crippen molar-refractivity contribution < 1.29 is 26.3 Å². The average Bonchev–Trinajstić information content (AvgIpc) is 2.82. The minimum absolute atomic E-state index is 0.0322. The number of ether oxygens (including phenoxy) is 2. The van der Waals surface area contributed by atoms with Gasteiger partial charge >= 0.3 is 0 Å². The second-order valence-corrected chi connectivity index (χ2v) is 10.2. The number of rotatable bonds is 6. The first-order valence-electron chi connectivity index (χ1n) is 9.81. The average molecular weight is 477 g/mol. The van der Waals surface area contributed by atoms with Crippen LogP contribution in [0, 0.1) is 11.8 Å². The Hall–Kier alpha value is -2.98. The van der Waals surface area contributed by atoms with Crippen molar-refractivity contribution in [3.05, 3.63) is 72.8 Å². The maximum atomic E-state index is 12.8. The molecule has 0 fully saturated rings. The molecular weight excluding hydrogens is 452 g/mol. The second kappa shape index (κ2) is 10.1. The van der Waals surface area contributed by atoms with Crippen molar-refractivity contribution in [2.75, 3.05) is 14.2 Å². The van der Waals surface area contributed by atoms with Crippen molar-refractivity contribution in [3.63, 3.8) is 0 Å². The normalized spacial score (nSPS) is 20.1. The number of hydrogen-bond acceptors (Lipinski definition) is 6. The summed E-state index contributed by atoms with van der Waals surface area (Å²) in [5, 5.41) is 0. The van der Waals surface area contributed by atoms with Gasteiger partial charge in [0.15, 0.2) is 0 Å². The van der Waals surface area contributed by atoms with E-state index in [2.05, 4.69) is 8.80 Å². The number of benzene rings is 2. The Labute approximate surface area is 188 Å². The van der Waals surface area contributed by atoms with Crippen molar-refractivity contribution in [3.8, 4) is 0 Å². The second-order valence-electron chi connectivity index (χ2n) is 7.00. The summed E-state index contributed by atoms with van der Waals surface area (Å²) in [5.41, 5.74) is 0. The lowest BCUT2D eigenvalue weighted by Crippen LogP contribution is -2.34. The first kappa shape index (κ1) is 23.7. The van der Waals surface area contributed by atoms with E-state index in [1.807, 2.05) is 12.2 Å². The van der Waals surface area contributed by atoms with Crippen molar-refractivity contribution in [2.45, 2.75) is 22.6 Å². The van der Waals surface area contributed by atoms with E-state index in [0.29, 0.717) is 12.8 Å². The Morgan fingerprint density at radius 3 is 1.34 bits per heavy atom. The minimum atomic E-state index is -4.01. The van der Waals surface area contributed by atoms with Crippen molar-refractivity contribution in [2.24, 2.45) is 20.6 Å². The number of methoxy groups -OCH3 is 2. The molecule has 2 atom stereocenters. The zero-order valence-electron chi connectivity index (χ0n) is 17.7. The third-order valence-electron chi connectivity index (χ3n) is 4.99. The Bertz CT molecular complexity index is 1120. The van der Waals surface area contributed by atoms with Crippen LogP contribution >= 0.6 is 0 Å². The summed E-state index contributed by atoms with van der Waals surface area (Å²) in [5.74, 6) is -1.23. The monoisotopic (exact) mass is 476 g/mol. The minimum Gasteiger partial charge on any atom is -0.483 e. The van der Waals surface area contributed by atoms with E-state index >= 15 is 0 Å². The van der Waals surface area contributed by atoms with Crippen LogP contribution in [0.4, 0.5) is 0 Å². The van der Waals surface area contributed by atoms with Crippen LogP contribution in [0.3, 0.4) is 0 Å². The van der Waals surface area contributed by atoms with E-state index in [9.17, 15) is 16.8 Å². The van der Waals surface area contributed by atoms with Gasteiger partial charge in [0, 0.05) is 0 Å². The summed E-state index contributed by atoms with van der Waals surface area (Å²) in [6, 6.07) is 15.6. The van der Waals surface area contributed by atoms with Gasteiger partial charge < -0.3 is 9.47 Å². The number of nitrogens with zero attached hydrogens (tertiary/aromatic N) is 2. The molecule has 0 aromatic heterocycles. The van der Waals surface area contributed by atoms with Crippen LogP contribution in [0.25, 0.3) is 0 Å². The summed E-state index contributed by atoms with van der Waals surface area (Å²) < 4.78 is 69.6. The largest absolute Gasteiger partial charge is 0.483 e. The highest BCUT2D eigenvalue weighted by atomic mass is 32.2. The smallest absolute Gasteiger partial charge is 0.285 e. The highest BCUT2D eigenvalue weighted by molar-refractivity contribution is 7.90. The van der Waals surface area contributed by atoms with Gasteiger partial charge in [-0.25, -0.2) is 0 Å². The fourth-order valence-electron chi connectivity index (χ4n) is 3.40. The van der Waals surface area contributed by atoms with Crippen LogP contribution in [0.15, 0.2) is 91.4 Å². The molecule has 2 aromatic carbocycles. The topological polar surface area (TPSA) is 111 Å². The molecule has 0 spiro atoms. The van der Waals surface area contributed by atoms with Gasteiger partial charge in [0.1, 0.15) is 0 Å². The van der Waals surface area contributed by atoms with Crippen LogP contribution in [0.5, 0.6) is 0 Å². The summed E-state index contributed by atoms with van der Waals surface area (Å²) in [6.07, 6.45) is 4.50. The first-order chi connectivity index (χ1) is 15.3. The van der Waals surface area contributed by atoms with Crippen LogP contribution in [-0.2, 0) is 29.5 Å². The van der Waals surface area contributed by atoms with Gasteiger partial charge in [0.2, 0.25) is 11.8 Å². The molecule has 8 nitrogen and oxygen atoms in total. The molecule has 0 N–H and O–H groups in total. The maximum Gasteiger partial charge on any atom is 0.285 e. The molecule has 3 rings (SSSR count). The molecule has 0 saturated heterocycles. The molecule has 2 aromatic rings. The number of allylic oxidation sites excluding steroid dienone is 2. The first-order valence-corrected chi connectivity index (χ1v) is 12.7. The predicted molar refractivity (Wildman–Crippen MR) is 121 cm³/mol. The van der Waals surface area contributed by atoms with E-state index in [1.54, 1.807) is 36.4 Å². The molecule has 0 saturated carbocycles. The third kappa shape index (κ3) is 5.43. The summed E-state index contributed by atoms with van der Waals surface area (Å²) in [7, 11) is -5.37. The lowest BCUT2D eigenvalue weighted by molar-refractivity contribution is 0.306. The standard InChI is InChI=1S/C22H24N2O6S2/c1-29-21(23-31(25,26)17-11-5-3-6-12-17)19-15-9-10-16-20(19)22(30-2)24-32(27,28)18-13-7-4-8-14-18/h3-14,19-20H,15-16H2,1-2H3/b23-21-,24-22+. The molecule has 32 heavy (non-hydrogen) atoms. The number of hydrogen-bond donors (Lipinski definition) is 0. The Kier molecular flexibility index (Phi) is 7.47. The van der Waals surface area contributed by atoms with E-state index in [-0.39, 0.29) is 21.6 Å². The van der Waals surface area contributed by atoms with Gasteiger partial charge in [-0.05, 0) is 37.1 Å². The molecule has 1 aliphatic rings. The lowest BCUT2D eigenvalue weighted by Gasteiger charge is -2.28. The summed E-state index contributed by atoms with van der Waals surface area (Å²) in [4.78, 5) is 0.0643. The lowest BCUT2D eigenvalue weighted by atomic mass is 9.82. The highest BCUT2D eigenvalue weighted by Gasteiger charge is 2.35. The molecule has 0 amide bonds. The fraction of sp³-hybridized carbons (Fsp3) is 0.273. The van der Waals surface area contributed by atoms with E-state index < -0.39 is 31.9 Å². The van der Waals surface area contributed by atoms with Crippen molar-refractivity contribution in [1.29, 1.82) is 0 Å². The zero-order valence-corrected chi connectivity index (χ0v) is 19.3. The van der Waals surface area contributed by atoms with Gasteiger partial charge in [-0.2, -0.15) is 16.8 Å². The fourth-order valence-corrected chi connectivity index (χ4v) is 5.51. The van der Waals surface area contributed by atoms with Crippen molar-refractivity contribution in [1.82, 2.24) is 0 Å². The Morgan fingerprint density at radius 2 is 1.03 bits per heavy atom. The van der Waals surface area contributed by atoms with E-state index in [4.69, 9.17) is 9.47 Å². The van der Waals surface area contributed by atoms with Crippen LogP contribution in [-0.4, -0.2) is 42.9 Å². The van der Waals surface area contributed by atoms with E-state index in [1.165, 1.54) is 38.5 Å². The van der Waals surface area contributed by atoms with Crippen LogP contribution < -0.4 is 0 Å². The molecule has 0 aliphatic heterocycles. The zero-order chi connectivity index (χ0) is 23.2. The summed E-state index contributed by atoms with van der Waals surface area (Å²) >= 11 is 0. The summed E-state index contributed by atoms with van der Waals surface area (Å²) in [6.45, 7) is 0. The molecule has 2 unspecified atom stereocenters.